The highest BCUT2D eigenvalue weighted by atomic mass is 16.5. The molecule has 0 aliphatic rings. The summed E-state index contributed by atoms with van der Waals surface area (Å²) in [5, 5.41) is 9.61. The molecule has 0 aliphatic carbocycles. The molecule has 0 bridgehead atoms. The molecule has 6 nitrogen and oxygen atoms in total. The highest BCUT2D eigenvalue weighted by Gasteiger charge is 2.09. The van der Waals surface area contributed by atoms with E-state index in [-0.39, 0.29) is 5.91 Å². The third kappa shape index (κ3) is 3.54. The fraction of sp³-hybridized carbons (Fsp3) is 0.308. The second-order valence-corrected chi connectivity index (χ2v) is 4.09. The number of hydrogen-bond donors (Lipinski definition) is 2. The number of pyridine rings is 1. The molecule has 0 spiro atoms. The van der Waals surface area contributed by atoms with Crippen molar-refractivity contribution in [2.24, 2.45) is 0 Å². The van der Waals surface area contributed by atoms with Crippen LogP contribution < -0.4 is 10.6 Å². The van der Waals surface area contributed by atoms with Crippen LogP contribution in [0.25, 0.3) is 0 Å². The van der Waals surface area contributed by atoms with Gasteiger partial charge in [0.1, 0.15) is 17.8 Å². The Bertz CT molecular complexity index is 552. The van der Waals surface area contributed by atoms with E-state index < -0.39 is 0 Å². The Balaban J connectivity index is 2.05. The maximum absolute atomic E-state index is 12.0. The molecule has 1 amide bonds. The molecule has 2 N–H and O–H groups in total. The first-order valence-corrected chi connectivity index (χ1v) is 6.09. The molecule has 0 saturated heterocycles. The van der Waals surface area contributed by atoms with Crippen molar-refractivity contribution in [1.29, 1.82) is 0 Å². The van der Waals surface area contributed by atoms with E-state index in [1.54, 1.807) is 18.2 Å². The van der Waals surface area contributed by atoms with Crippen molar-refractivity contribution in [2.45, 2.75) is 20.4 Å². The van der Waals surface area contributed by atoms with E-state index in [2.05, 4.69) is 20.8 Å². The third-order valence-electron chi connectivity index (χ3n) is 2.49. The largest absolute Gasteiger partial charge is 0.370 e. The molecule has 0 atom stereocenters. The van der Waals surface area contributed by atoms with Gasteiger partial charge in [0, 0.05) is 23.9 Å². The first kappa shape index (κ1) is 13.1. The Hall–Kier alpha value is -2.37. The number of carbonyl (C=O) groups excluding carboxylic acids is 1. The minimum Gasteiger partial charge on any atom is -0.370 e. The first-order chi connectivity index (χ1) is 9.19. The van der Waals surface area contributed by atoms with Gasteiger partial charge >= 0.3 is 0 Å². The quantitative estimate of drug-likeness (QED) is 0.856. The van der Waals surface area contributed by atoms with E-state index in [0.29, 0.717) is 23.6 Å². The Kier molecular flexibility index (Phi) is 4.12. The van der Waals surface area contributed by atoms with Gasteiger partial charge < -0.3 is 15.2 Å². The topological polar surface area (TPSA) is 80.0 Å². The Morgan fingerprint density at radius 1 is 1.42 bits per heavy atom. The van der Waals surface area contributed by atoms with Gasteiger partial charge in [0.2, 0.25) is 0 Å². The summed E-state index contributed by atoms with van der Waals surface area (Å²) in [7, 11) is 0. The second kappa shape index (κ2) is 5.99. The van der Waals surface area contributed by atoms with Crippen molar-refractivity contribution < 1.29 is 9.32 Å². The molecule has 6 heteroatoms. The Morgan fingerprint density at radius 2 is 2.26 bits per heavy atom. The molecular formula is C13H16N4O2. The minimum atomic E-state index is -0.160. The van der Waals surface area contributed by atoms with Crippen LogP contribution >= 0.6 is 0 Å². The molecule has 19 heavy (non-hydrogen) atoms. The summed E-state index contributed by atoms with van der Waals surface area (Å²) in [5.41, 5.74) is 2.06. The smallest absolute Gasteiger partial charge is 0.251 e. The zero-order valence-electron chi connectivity index (χ0n) is 10.9. The SMILES string of the molecule is CCNc1cc(C(=O)NCc2ccon2)cc(C)n1. The maximum atomic E-state index is 12.0. The lowest BCUT2D eigenvalue weighted by atomic mass is 10.2. The number of hydrogen-bond acceptors (Lipinski definition) is 5. The van der Waals surface area contributed by atoms with Crippen molar-refractivity contribution in [3.8, 4) is 0 Å². The standard InChI is InChI=1S/C13H16N4O2/c1-3-14-12-7-10(6-9(2)16-12)13(18)15-8-11-4-5-19-17-11/h4-7H,3,8H2,1-2H3,(H,14,16)(H,15,18). The molecule has 100 valence electrons. The van der Waals surface area contributed by atoms with E-state index in [1.165, 1.54) is 6.26 Å². The van der Waals surface area contributed by atoms with Crippen LogP contribution in [0.5, 0.6) is 0 Å². The van der Waals surface area contributed by atoms with E-state index in [9.17, 15) is 4.79 Å². The molecule has 0 fully saturated rings. The van der Waals surface area contributed by atoms with Crippen molar-refractivity contribution in [3.63, 3.8) is 0 Å². The van der Waals surface area contributed by atoms with E-state index in [1.807, 2.05) is 13.8 Å². The summed E-state index contributed by atoms with van der Waals surface area (Å²) in [6, 6.07) is 5.19. The van der Waals surface area contributed by atoms with Crippen molar-refractivity contribution in [3.05, 3.63) is 41.4 Å². The molecule has 0 aromatic carbocycles. The lowest BCUT2D eigenvalue weighted by Gasteiger charge is -2.08. The van der Waals surface area contributed by atoms with E-state index in [4.69, 9.17) is 4.52 Å². The summed E-state index contributed by atoms with van der Waals surface area (Å²) in [6.07, 6.45) is 1.47. The van der Waals surface area contributed by atoms with Crippen LogP contribution in [0.15, 0.2) is 29.0 Å². The normalized spacial score (nSPS) is 10.2. The first-order valence-electron chi connectivity index (χ1n) is 6.09. The van der Waals surface area contributed by atoms with Gasteiger partial charge in [-0.05, 0) is 26.0 Å². The van der Waals surface area contributed by atoms with Crippen molar-refractivity contribution in [1.82, 2.24) is 15.5 Å². The fourth-order valence-electron chi connectivity index (χ4n) is 1.67. The highest BCUT2D eigenvalue weighted by Crippen LogP contribution is 2.10. The fourth-order valence-corrected chi connectivity index (χ4v) is 1.67. The van der Waals surface area contributed by atoms with Gasteiger partial charge in [-0.25, -0.2) is 4.98 Å². The molecule has 2 aromatic rings. The molecular weight excluding hydrogens is 244 g/mol. The predicted molar refractivity (Wildman–Crippen MR) is 70.8 cm³/mol. The number of aryl methyl sites for hydroxylation is 1. The second-order valence-electron chi connectivity index (χ2n) is 4.09. The average molecular weight is 260 g/mol. The molecule has 0 saturated carbocycles. The molecule has 0 radical (unpaired) electrons. The van der Waals surface area contributed by atoms with Crippen LogP contribution in [0.1, 0.15) is 28.7 Å². The van der Waals surface area contributed by atoms with Crippen molar-refractivity contribution in [2.75, 3.05) is 11.9 Å². The maximum Gasteiger partial charge on any atom is 0.251 e. The highest BCUT2D eigenvalue weighted by molar-refractivity contribution is 5.94. The van der Waals surface area contributed by atoms with Crippen LogP contribution in [0.3, 0.4) is 0 Å². The predicted octanol–water partition coefficient (Wildman–Crippen LogP) is 1.74. The number of carbonyl (C=O) groups is 1. The zero-order valence-corrected chi connectivity index (χ0v) is 10.9. The molecule has 0 unspecified atom stereocenters. The van der Waals surface area contributed by atoms with Crippen molar-refractivity contribution >= 4 is 11.7 Å². The minimum absolute atomic E-state index is 0.160. The lowest BCUT2D eigenvalue weighted by Crippen LogP contribution is -2.23. The van der Waals surface area contributed by atoms with Crippen LogP contribution in [0.4, 0.5) is 5.82 Å². The monoisotopic (exact) mass is 260 g/mol. The van der Waals surface area contributed by atoms with Gasteiger partial charge in [-0.2, -0.15) is 0 Å². The Morgan fingerprint density at radius 3 is 2.95 bits per heavy atom. The van der Waals surface area contributed by atoms with Gasteiger partial charge in [-0.15, -0.1) is 0 Å². The average Bonchev–Trinajstić information content (AvgIpc) is 2.88. The number of anilines is 1. The summed E-state index contributed by atoms with van der Waals surface area (Å²) < 4.78 is 4.70. The third-order valence-corrected chi connectivity index (χ3v) is 2.49. The summed E-state index contributed by atoms with van der Waals surface area (Å²) >= 11 is 0. The number of nitrogens with zero attached hydrogens (tertiary/aromatic N) is 2. The number of rotatable bonds is 5. The van der Waals surface area contributed by atoms with E-state index >= 15 is 0 Å². The number of nitrogens with one attached hydrogen (secondary N) is 2. The lowest BCUT2D eigenvalue weighted by molar-refractivity contribution is 0.0950. The van der Waals surface area contributed by atoms with Gasteiger partial charge in [-0.1, -0.05) is 5.16 Å². The molecule has 0 aliphatic heterocycles. The number of amides is 1. The van der Waals surface area contributed by atoms with Crippen LogP contribution in [0.2, 0.25) is 0 Å². The molecule has 2 heterocycles. The van der Waals surface area contributed by atoms with Crippen LogP contribution in [-0.2, 0) is 6.54 Å². The Labute approximate surface area is 111 Å². The summed E-state index contributed by atoms with van der Waals surface area (Å²) in [4.78, 5) is 16.3. The van der Waals surface area contributed by atoms with Crippen LogP contribution in [0, 0.1) is 6.92 Å². The molecule has 2 rings (SSSR count). The van der Waals surface area contributed by atoms with Gasteiger partial charge in [0.15, 0.2) is 0 Å². The summed E-state index contributed by atoms with van der Waals surface area (Å²) in [5.74, 6) is 0.543. The molecule has 2 aromatic heterocycles. The van der Waals surface area contributed by atoms with Gasteiger partial charge in [0.05, 0.1) is 6.54 Å². The number of aromatic nitrogens is 2. The summed E-state index contributed by atoms with van der Waals surface area (Å²) in [6.45, 7) is 4.94. The van der Waals surface area contributed by atoms with Gasteiger partial charge in [-0.3, -0.25) is 4.79 Å². The van der Waals surface area contributed by atoms with Gasteiger partial charge in [0.25, 0.3) is 5.91 Å². The van der Waals surface area contributed by atoms with E-state index in [0.717, 1.165) is 12.2 Å². The zero-order chi connectivity index (χ0) is 13.7. The van der Waals surface area contributed by atoms with Crippen LogP contribution in [-0.4, -0.2) is 22.6 Å².